The van der Waals surface area contributed by atoms with Crippen LogP contribution in [0.1, 0.15) is 55.6 Å². The van der Waals surface area contributed by atoms with Crippen molar-refractivity contribution in [3.63, 3.8) is 0 Å². The molecule has 0 amide bonds. The molecule has 2 aromatic rings. The summed E-state index contributed by atoms with van der Waals surface area (Å²) in [6, 6.07) is 8.71. The highest BCUT2D eigenvalue weighted by molar-refractivity contribution is 5.42. The molecule has 0 radical (unpaired) electrons. The summed E-state index contributed by atoms with van der Waals surface area (Å²) in [6.07, 6.45) is -3.22. The molecule has 2 fully saturated rings. The van der Waals surface area contributed by atoms with E-state index < -0.39 is 37.3 Å². The quantitative estimate of drug-likeness (QED) is 0.504. The fourth-order valence-corrected chi connectivity index (χ4v) is 4.69. The number of aliphatic hydroxyl groups is 4. The minimum absolute atomic E-state index is 0.0671. The molecule has 2 aliphatic heterocycles. The van der Waals surface area contributed by atoms with E-state index in [0.29, 0.717) is 25.4 Å². The normalized spacial score (nSPS) is 30.0. The second-order valence-corrected chi connectivity index (χ2v) is 10.4. The fraction of sp³-hybridized carbons (Fsp3) is 0.615. The van der Waals surface area contributed by atoms with Gasteiger partial charge < -0.3 is 39.2 Å². The Labute approximate surface area is 200 Å². The van der Waals surface area contributed by atoms with Crippen molar-refractivity contribution in [1.29, 1.82) is 0 Å². The summed E-state index contributed by atoms with van der Waals surface area (Å²) in [4.78, 5) is 0. The number of aromatic nitrogens is 1. The standard InChI is InChI=1S/C26H37NO7/c1-15-19(11-16-5-7-17(8-6-16)26(2,3)4)20(12-27(15)18-9-10-32-14-18)33-25-24(31)23(30)22(29)21(13-28)34-25/h5-8,12,18,21-25,28-31H,9-11,13-14H2,1-4H3/t18?,21-,22-,23+,24-,25-/m1/s1. The van der Waals surface area contributed by atoms with E-state index in [0.717, 1.165) is 23.2 Å². The first-order chi connectivity index (χ1) is 16.1. The van der Waals surface area contributed by atoms with Gasteiger partial charge in [0.1, 0.15) is 30.2 Å². The largest absolute Gasteiger partial charge is 0.460 e. The highest BCUT2D eigenvalue weighted by Crippen LogP contribution is 2.35. The van der Waals surface area contributed by atoms with E-state index in [2.05, 4.69) is 49.6 Å². The summed E-state index contributed by atoms with van der Waals surface area (Å²) in [5.74, 6) is 0.536. The van der Waals surface area contributed by atoms with Crippen LogP contribution in [0, 0.1) is 6.92 Å². The Bertz CT molecular complexity index is 957. The predicted octanol–water partition coefficient (Wildman–Crippen LogP) is 1.82. The Kier molecular flexibility index (Phi) is 7.38. The topological polar surface area (TPSA) is 114 Å². The molecule has 34 heavy (non-hydrogen) atoms. The van der Waals surface area contributed by atoms with Crippen LogP contribution < -0.4 is 4.74 Å². The van der Waals surface area contributed by atoms with Crippen LogP contribution in [0.2, 0.25) is 0 Å². The average molecular weight is 476 g/mol. The SMILES string of the molecule is Cc1c(Cc2ccc(C(C)(C)C)cc2)c(O[C@@H]2O[C@H](CO)[C@@H](O)[C@H](O)[C@H]2O)cn1C1CCOC1. The molecule has 0 bridgehead atoms. The Balaban J connectivity index is 1.64. The number of rotatable bonds is 6. The van der Waals surface area contributed by atoms with Gasteiger partial charge in [0.05, 0.1) is 19.3 Å². The molecule has 8 heteroatoms. The van der Waals surface area contributed by atoms with Crippen LogP contribution >= 0.6 is 0 Å². The summed E-state index contributed by atoms with van der Waals surface area (Å²) in [5.41, 5.74) is 4.43. The van der Waals surface area contributed by atoms with Crippen LogP contribution in [0.3, 0.4) is 0 Å². The van der Waals surface area contributed by atoms with Gasteiger partial charge in [-0.15, -0.1) is 0 Å². The van der Waals surface area contributed by atoms with Crippen molar-refractivity contribution in [1.82, 2.24) is 4.57 Å². The van der Waals surface area contributed by atoms with Crippen LogP contribution in [0.5, 0.6) is 5.75 Å². The number of hydrogen-bond acceptors (Lipinski definition) is 7. The average Bonchev–Trinajstić information content (AvgIpc) is 3.43. The molecule has 4 rings (SSSR count). The Morgan fingerprint density at radius 3 is 2.35 bits per heavy atom. The molecule has 2 saturated heterocycles. The lowest BCUT2D eigenvalue weighted by molar-refractivity contribution is -0.277. The maximum Gasteiger partial charge on any atom is 0.229 e. The van der Waals surface area contributed by atoms with E-state index in [4.69, 9.17) is 14.2 Å². The predicted molar refractivity (Wildman–Crippen MR) is 126 cm³/mol. The summed E-state index contributed by atoms with van der Waals surface area (Å²) in [5, 5.41) is 40.3. The van der Waals surface area contributed by atoms with E-state index >= 15 is 0 Å². The van der Waals surface area contributed by atoms with Crippen molar-refractivity contribution in [2.75, 3.05) is 19.8 Å². The molecule has 0 aliphatic carbocycles. The second kappa shape index (κ2) is 9.97. The molecule has 1 aromatic heterocycles. The van der Waals surface area contributed by atoms with Crippen LogP contribution in [0.4, 0.5) is 0 Å². The number of aliphatic hydroxyl groups excluding tert-OH is 4. The molecule has 1 unspecified atom stereocenters. The molecule has 0 saturated carbocycles. The lowest BCUT2D eigenvalue weighted by Crippen LogP contribution is -2.60. The number of hydrogen-bond donors (Lipinski definition) is 4. The first-order valence-electron chi connectivity index (χ1n) is 11.9. The van der Waals surface area contributed by atoms with Crippen molar-refractivity contribution < 1.29 is 34.6 Å². The van der Waals surface area contributed by atoms with Crippen LogP contribution in [0.25, 0.3) is 0 Å². The molecule has 8 nitrogen and oxygen atoms in total. The van der Waals surface area contributed by atoms with E-state index in [1.54, 1.807) is 0 Å². The maximum atomic E-state index is 10.5. The lowest BCUT2D eigenvalue weighted by atomic mass is 9.86. The van der Waals surface area contributed by atoms with Gasteiger partial charge in [0.2, 0.25) is 6.29 Å². The zero-order valence-corrected chi connectivity index (χ0v) is 20.3. The van der Waals surface area contributed by atoms with Crippen LogP contribution in [-0.2, 0) is 21.3 Å². The van der Waals surface area contributed by atoms with Crippen LogP contribution in [0.15, 0.2) is 30.5 Å². The van der Waals surface area contributed by atoms with E-state index in [1.807, 2.05) is 13.1 Å². The number of benzene rings is 1. The van der Waals surface area contributed by atoms with Crippen LogP contribution in [-0.4, -0.2) is 75.5 Å². The molecule has 0 spiro atoms. The highest BCUT2D eigenvalue weighted by Gasteiger charge is 2.45. The van der Waals surface area contributed by atoms with Gasteiger partial charge in [-0.25, -0.2) is 0 Å². The molecule has 1 aromatic carbocycles. The summed E-state index contributed by atoms with van der Waals surface area (Å²) in [6.45, 7) is 9.41. The zero-order valence-electron chi connectivity index (χ0n) is 20.3. The molecule has 6 atom stereocenters. The Morgan fingerprint density at radius 2 is 1.76 bits per heavy atom. The number of nitrogens with zero attached hydrogens (tertiary/aromatic N) is 1. The maximum absolute atomic E-state index is 10.5. The summed E-state index contributed by atoms with van der Waals surface area (Å²) in [7, 11) is 0. The minimum atomic E-state index is -1.49. The van der Waals surface area contributed by atoms with Gasteiger partial charge in [0.25, 0.3) is 0 Å². The first kappa shape index (κ1) is 25.2. The first-order valence-corrected chi connectivity index (χ1v) is 11.9. The molecule has 4 N–H and O–H groups in total. The fourth-order valence-electron chi connectivity index (χ4n) is 4.69. The van der Waals surface area contributed by atoms with Crippen molar-refractivity contribution >= 4 is 0 Å². The smallest absolute Gasteiger partial charge is 0.229 e. The van der Waals surface area contributed by atoms with Crippen molar-refractivity contribution in [2.24, 2.45) is 0 Å². The third kappa shape index (κ3) is 5.03. The van der Waals surface area contributed by atoms with Gasteiger partial charge in [0, 0.05) is 30.5 Å². The zero-order chi connectivity index (χ0) is 24.6. The molecule has 3 heterocycles. The van der Waals surface area contributed by atoms with Crippen molar-refractivity contribution in [3.05, 3.63) is 52.8 Å². The molecular weight excluding hydrogens is 438 g/mol. The van der Waals surface area contributed by atoms with Gasteiger partial charge in [0.15, 0.2) is 0 Å². The van der Waals surface area contributed by atoms with Crippen molar-refractivity contribution in [3.8, 4) is 5.75 Å². The Hall–Kier alpha value is -1.94. The lowest BCUT2D eigenvalue weighted by Gasteiger charge is -2.39. The van der Waals surface area contributed by atoms with E-state index in [-0.39, 0.29) is 11.5 Å². The van der Waals surface area contributed by atoms with Gasteiger partial charge in [-0.2, -0.15) is 0 Å². The van der Waals surface area contributed by atoms with E-state index in [1.165, 1.54) is 5.56 Å². The summed E-state index contributed by atoms with van der Waals surface area (Å²) < 4.78 is 19.4. The van der Waals surface area contributed by atoms with Gasteiger partial charge in [-0.05, 0) is 29.9 Å². The number of ether oxygens (including phenoxy) is 3. The van der Waals surface area contributed by atoms with Gasteiger partial charge >= 0.3 is 0 Å². The van der Waals surface area contributed by atoms with Crippen molar-refractivity contribution in [2.45, 2.75) is 82.7 Å². The molecule has 2 aliphatic rings. The highest BCUT2D eigenvalue weighted by atomic mass is 16.7. The minimum Gasteiger partial charge on any atom is -0.460 e. The molecule has 188 valence electrons. The van der Waals surface area contributed by atoms with Gasteiger partial charge in [-0.1, -0.05) is 45.0 Å². The van der Waals surface area contributed by atoms with E-state index in [9.17, 15) is 20.4 Å². The second-order valence-electron chi connectivity index (χ2n) is 10.4. The Morgan fingerprint density at radius 1 is 1.06 bits per heavy atom. The third-order valence-corrected chi connectivity index (χ3v) is 6.97. The van der Waals surface area contributed by atoms with Gasteiger partial charge in [-0.3, -0.25) is 0 Å². The summed E-state index contributed by atoms with van der Waals surface area (Å²) >= 11 is 0. The third-order valence-electron chi connectivity index (χ3n) is 6.97. The molecular formula is C26H37NO7. The monoisotopic (exact) mass is 475 g/mol.